The van der Waals surface area contributed by atoms with Crippen molar-refractivity contribution in [3.05, 3.63) is 72.0 Å². The van der Waals surface area contributed by atoms with Gasteiger partial charge in [-0.1, -0.05) is 18.2 Å². The molecular weight excluding hydrogens is 288 g/mol. The van der Waals surface area contributed by atoms with Crippen LogP contribution in [0, 0.1) is 0 Å². The summed E-state index contributed by atoms with van der Waals surface area (Å²) >= 11 is 0. The van der Waals surface area contributed by atoms with Gasteiger partial charge in [-0.05, 0) is 54.4 Å². The number of nitrogen functional groups attached to an aromatic ring is 1. The van der Waals surface area contributed by atoms with E-state index < -0.39 is 0 Å². The number of furan rings is 1. The molecule has 4 nitrogen and oxygen atoms in total. The third kappa shape index (κ3) is 2.38. The molecule has 0 atom stereocenters. The van der Waals surface area contributed by atoms with Gasteiger partial charge in [0.15, 0.2) is 5.76 Å². The number of carbonyl (C=O) groups is 1. The molecular formula is C19H16N2O2. The molecule has 0 saturated heterocycles. The Balaban J connectivity index is 1.62. The van der Waals surface area contributed by atoms with Gasteiger partial charge in [0.2, 0.25) is 0 Å². The number of benzene rings is 2. The predicted molar refractivity (Wildman–Crippen MR) is 90.4 cm³/mol. The van der Waals surface area contributed by atoms with Gasteiger partial charge in [0, 0.05) is 23.5 Å². The zero-order valence-electron chi connectivity index (χ0n) is 12.5. The lowest BCUT2D eigenvalue weighted by atomic mass is 10.1. The standard InChI is InChI=1S/C19H16N2O2/c20-15-7-5-14(6-8-15)17-9-10-18(23-17)19(22)21-12-11-13-3-1-2-4-16(13)21/h1-10H,11-12,20H2. The van der Waals surface area contributed by atoms with Crippen LogP contribution in [0.5, 0.6) is 0 Å². The summed E-state index contributed by atoms with van der Waals surface area (Å²) in [5, 5.41) is 0. The molecule has 3 aromatic rings. The third-order valence-corrected chi connectivity index (χ3v) is 4.14. The summed E-state index contributed by atoms with van der Waals surface area (Å²) < 4.78 is 5.77. The lowest BCUT2D eigenvalue weighted by Crippen LogP contribution is -2.28. The molecule has 0 fully saturated rings. The largest absolute Gasteiger partial charge is 0.451 e. The maximum Gasteiger partial charge on any atom is 0.294 e. The molecule has 4 heteroatoms. The molecule has 0 bridgehead atoms. The van der Waals surface area contributed by atoms with E-state index in [9.17, 15) is 4.79 Å². The lowest BCUT2D eigenvalue weighted by molar-refractivity contribution is 0.0963. The number of nitrogens with zero attached hydrogens (tertiary/aromatic N) is 1. The summed E-state index contributed by atoms with van der Waals surface area (Å²) in [6.07, 6.45) is 0.882. The molecule has 0 radical (unpaired) electrons. The van der Waals surface area contributed by atoms with E-state index >= 15 is 0 Å². The second-order valence-corrected chi connectivity index (χ2v) is 5.62. The first kappa shape index (κ1) is 13.6. The molecule has 114 valence electrons. The van der Waals surface area contributed by atoms with E-state index in [0.717, 1.165) is 17.7 Å². The fourth-order valence-electron chi connectivity index (χ4n) is 2.94. The van der Waals surface area contributed by atoms with Gasteiger partial charge in [-0.3, -0.25) is 4.79 Å². The van der Waals surface area contributed by atoms with E-state index in [0.29, 0.717) is 23.8 Å². The third-order valence-electron chi connectivity index (χ3n) is 4.14. The number of hydrogen-bond donors (Lipinski definition) is 1. The van der Waals surface area contributed by atoms with Crippen LogP contribution in [0.1, 0.15) is 16.1 Å². The zero-order valence-corrected chi connectivity index (χ0v) is 12.5. The van der Waals surface area contributed by atoms with Crippen molar-refractivity contribution in [2.45, 2.75) is 6.42 Å². The van der Waals surface area contributed by atoms with E-state index in [-0.39, 0.29) is 5.91 Å². The Morgan fingerprint density at radius 3 is 2.61 bits per heavy atom. The van der Waals surface area contributed by atoms with Gasteiger partial charge >= 0.3 is 0 Å². The Hall–Kier alpha value is -3.01. The van der Waals surface area contributed by atoms with Crippen molar-refractivity contribution in [2.24, 2.45) is 0 Å². The quantitative estimate of drug-likeness (QED) is 0.734. The molecule has 0 unspecified atom stereocenters. The lowest BCUT2D eigenvalue weighted by Gasteiger charge is -2.15. The second kappa shape index (κ2) is 5.32. The predicted octanol–water partition coefficient (Wildman–Crippen LogP) is 3.73. The first-order chi connectivity index (χ1) is 11.2. The molecule has 0 spiro atoms. The number of fused-ring (bicyclic) bond motifs is 1. The van der Waals surface area contributed by atoms with E-state index in [1.807, 2.05) is 48.5 Å². The van der Waals surface area contributed by atoms with Crippen LogP contribution in [0.15, 0.2) is 65.1 Å². The normalized spacial score (nSPS) is 13.1. The Morgan fingerprint density at radius 2 is 1.78 bits per heavy atom. The fourth-order valence-corrected chi connectivity index (χ4v) is 2.94. The molecule has 23 heavy (non-hydrogen) atoms. The summed E-state index contributed by atoms with van der Waals surface area (Å²) in [6.45, 7) is 0.691. The number of carbonyl (C=O) groups excluding carboxylic acids is 1. The Kier molecular flexibility index (Phi) is 3.15. The van der Waals surface area contributed by atoms with Crippen molar-refractivity contribution < 1.29 is 9.21 Å². The molecule has 2 N–H and O–H groups in total. The molecule has 2 heterocycles. The van der Waals surface area contributed by atoms with E-state index in [4.69, 9.17) is 10.2 Å². The van der Waals surface area contributed by atoms with Crippen molar-refractivity contribution in [1.82, 2.24) is 0 Å². The fraction of sp³-hybridized carbons (Fsp3) is 0.105. The molecule has 0 saturated carbocycles. The average molecular weight is 304 g/mol. The van der Waals surface area contributed by atoms with Crippen LogP contribution >= 0.6 is 0 Å². The second-order valence-electron chi connectivity index (χ2n) is 5.62. The van der Waals surface area contributed by atoms with Crippen LogP contribution in [-0.4, -0.2) is 12.5 Å². The Bertz CT molecular complexity index is 865. The van der Waals surface area contributed by atoms with Gasteiger partial charge in [-0.15, -0.1) is 0 Å². The summed E-state index contributed by atoms with van der Waals surface area (Å²) in [6, 6.07) is 18.9. The van der Waals surface area contributed by atoms with E-state index in [1.54, 1.807) is 11.0 Å². The van der Waals surface area contributed by atoms with Gasteiger partial charge in [-0.25, -0.2) is 0 Å². The first-order valence-corrected chi connectivity index (χ1v) is 7.58. The summed E-state index contributed by atoms with van der Waals surface area (Å²) in [5.41, 5.74) is 9.47. The molecule has 2 aromatic carbocycles. The SMILES string of the molecule is Nc1ccc(-c2ccc(C(=O)N3CCc4ccccc43)o2)cc1. The molecule has 1 aliphatic rings. The number of amides is 1. The van der Waals surface area contributed by atoms with Gasteiger partial charge in [0.1, 0.15) is 5.76 Å². The van der Waals surface area contributed by atoms with Crippen molar-refractivity contribution in [3.63, 3.8) is 0 Å². The number of nitrogens with two attached hydrogens (primary N) is 1. The van der Waals surface area contributed by atoms with Gasteiger partial charge < -0.3 is 15.1 Å². The van der Waals surface area contributed by atoms with Crippen LogP contribution < -0.4 is 10.6 Å². The molecule has 1 aromatic heterocycles. The Morgan fingerprint density at radius 1 is 1.00 bits per heavy atom. The highest BCUT2D eigenvalue weighted by Gasteiger charge is 2.27. The highest BCUT2D eigenvalue weighted by molar-refractivity contribution is 6.05. The average Bonchev–Trinajstić information content (AvgIpc) is 3.22. The number of rotatable bonds is 2. The van der Waals surface area contributed by atoms with Crippen LogP contribution in [0.4, 0.5) is 11.4 Å². The summed E-state index contributed by atoms with van der Waals surface area (Å²) in [7, 11) is 0. The maximum atomic E-state index is 12.7. The molecule has 1 amide bonds. The highest BCUT2D eigenvalue weighted by atomic mass is 16.4. The van der Waals surface area contributed by atoms with E-state index in [1.165, 1.54) is 5.56 Å². The van der Waals surface area contributed by atoms with Gasteiger partial charge in [-0.2, -0.15) is 0 Å². The van der Waals surface area contributed by atoms with Crippen LogP contribution in [-0.2, 0) is 6.42 Å². The van der Waals surface area contributed by atoms with Crippen LogP contribution in [0.25, 0.3) is 11.3 Å². The minimum absolute atomic E-state index is 0.100. The molecule has 0 aliphatic carbocycles. The summed E-state index contributed by atoms with van der Waals surface area (Å²) in [5.74, 6) is 0.922. The molecule has 1 aliphatic heterocycles. The van der Waals surface area contributed by atoms with Crippen LogP contribution in [0.2, 0.25) is 0 Å². The highest BCUT2D eigenvalue weighted by Crippen LogP contribution is 2.30. The van der Waals surface area contributed by atoms with Crippen molar-refractivity contribution in [1.29, 1.82) is 0 Å². The minimum atomic E-state index is -0.100. The number of anilines is 2. The van der Waals surface area contributed by atoms with Gasteiger partial charge in [0.05, 0.1) is 0 Å². The van der Waals surface area contributed by atoms with Crippen LogP contribution in [0.3, 0.4) is 0 Å². The molecule has 4 rings (SSSR count). The summed E-state index contributed by atoms with van der Waals surface area (Å²) in [4.78, 5) is 14.5. The zero-order chi connectivity index (χ0) is 15.8. The van der Waals surface area contributed by atoms with Crippen molar-refractivity contribution in [2.75, 3.05) is 17.2 Å². The maximum absolute atomic E-state index is 12.7. The van der Waals surface area contributed by atoms with Crippen molar-refractivity contribution in [3.8, 4) is 11.3 Å². The van der Waals surface area contributed by atoms with E-state index in [2.05, 4.69) is 6.07 Å². The monoisotopic (exact) mass is 304 g/mol. The number of para-hydroxylation sites is 1. The van der Waals surface area contributed by atoms with Gasteiger partial charge in [0.25, 0.3) is 5.91 Å². The first-order valence-electron chi connectivity index (χ1n) is 7.58. The minimum Gasteiger partial charge on any atom is -0.451 e. The smallest absolute Gasteiger partial charge is 0.294 e. The van der Waals surface area contributed by atoms with Crippen molar-refractivity contribution >= 4 is 17.3 Å². The Labute approximate surface area is 134 Å². The number of hydrogen-bond acceptors (Lipinski definition) is 3. The topological polar surface area (TPSA) is 59.5 Å².